The van der Waals surface area contributed by atoms with E-state index in [0.717, 1.165) is 55.8 Å². The number of amides is 2. The van der Waals surface area contributed by atoms with E-state index in [9.17, 15) is 9.59 Å². The molecule has 1 saturated carbocycles. The Morgan fingerprint density at radius 1 is 1.31 bits per heavy atom. The quantitative estimate of drug-likeness (QED) is 0.801. The topological polar surface area (TPSA) is 52.6 Å². The first-order chi connectivity index (χ1) is 12.4. The lowest BCUT2D eigenvalue weighted by Crippen LogP contribution is -2.56. The molecule has 1 N–H and O–H groups in total. The van der Waals surface area contributed by atoms with Crippen molar-refractivity contribution < 1.29 is 9.59 Å². The van der Waals surface area contributed by atoms with E-state index < -0.39 is 0 Å². The van der Waals surface area contributed by atoms with E-state index >= 15 is 0 Å². The minimum Gasteiger partial charge on any atom is -0.337 e. The fraction of sp³-hybridized carbons (Fsp3) is 0.600. The average Bonchev–Trinajstić information content (AvgIpc) is 2.56. The first-order valence-corrected chi connectivity index (χ1v) is 9.79. The van der Waals surface area contributed by atoms with Crippen LogP contribution in [0.15, 0.2) is 12.1 Å². The molecule has 2 aliphatic rings. The molecule has 1 aliphatic carbocycles. The van der Waals surface area contributed by atoms with Crippen molar-refractivity contribution in [1.82, 2.24) is 9.80 Å². The van der Waals surface area contributed by atoms with Crippen molar-refractivity contribution in [3.05, 3.63) is 28.3 Å². The molecule has 0 spiro atoms. The van der Waals surface area contributed by atoms with E-state index in [4.69, 9.17) is 11.6 Å². The van der Waals surface area contributed by atoms with Crippen LogP contribution in [0.3, 0.4) is 0 Å². The monoisotopic (exact) mass is 377 g/mol. The summed E-state index contributed by atoms with van der Waals surface area (Å²) in [4.78, 5) is 27.9. The number of carbonyl (C=O) groups excluding carboxylic acids is 2. The summed E-state index contributed by atoms with van der Waals surface area (Å²) in [6, 6.07) is 3.96. The molecule has 2 amide bonds. The summed E-state index contributed by atoms with van der Waals surface area (Å²) in [6.07, 6.45) is 2.76. The minimum absolute atomic E-state index is 0.221. The number of nitrogens with one attached hydrogen (secondary N) is 1. The van der Waals surface area contributed by atoms with Crippen molar-refractivity contribution in [3.63, 3.8) is 0 Å². The van der Waals surface area contributed by atoms with Crippen molar-refractivity contribution in [1.29, 1.82) is 0 Å². The Balaban J connectivity index is 1.63. The minimum atomic E-state index is 0.221. The zero-order valence-corrected chi connectivity index (χ0v) is 16.6. The van der Waals surface area contributed by atoms with E-state index in [0.29, 0.717) is 23.3 Å². The number of anilines is 1. The van der Waals surface area contributed by atoms with Gasteiger partial charge >= 0.3 is 0 Å². The van der Waals surface area contributed by atoms with Crippen LogP contribution in [0.4, 0.5) is 5.69 Å². The van der Waals surface area contributed by atoms with Gasteiger partial charge in [0.2, 0.25) is 12.3 Å². The number of benzene rings is 1. The lowest BCUT2D eigenvalue weighted by atomic mass is 9.75. The van der Waals surface area contributed by atoms with Gasteiger partial charge in [-0.15, -0.1) is 0 Å². The van der Waals surface area contributed by atoms with Gasteiger partial charge in [0.1, 0.15) is 0 Å². The summed E-state index contributed by atoms with van der Waals surface area (Å²) >= 11 is 6.21. The molecular formula is C20H28ClN3O2. The molecule has 0 radical (unpaired) electrons. The highest BCUT2D eigenvalue weighted by atomic mass is 35.5. The maximum absolute atomic E-state index is 12.7. The third-order valence-electron chi connectivity index (χ3n) is 5.81. The molecular weight excluding hydrogens is 350 g/mol. The Hall–Kier alpha value is -1.59. The lowest BCUT2D eigenvalue weighted by molar-refractivity contribution is -0.144. The van der Waals surface area contributed by atoms with E-state index in [1.807, 2.05) is 13.0 Å². The van der Waals surface area contributed by atoms with E-state index in [-0.39, 0.29) is 12.0 Å². The highest BCUT2D eigenvalue weighted by Crippen LogP contribution is 2.35. The van der Waals surface area contributed by atoms with Crippen molar-refractivity contribution in [2.75, 3.05) is 25.0 Å². The fourth-order valence-electron chi connectivity index (χ4n) is 4.20. The highest BCUT2D eigenvalue weighted by molar-refractivity contribution is 6.31. The van der Waals surface area contributed by atoms with Gasteiger partial charge in [-0.1, -0.05) is 18.5 Å². The Morgan fingerprint density at radius 3 is 2.65 bits per heavy atom. The Bertz CT molecular complexity index is 688. The molecule has 3 rings (SSSR count). The summed E-state index contributed by atoms with van der Waals surface area (Å²) in [5.74, 6) is 1.28. The van der Waals surface area contributed by atoms with Crippen molar-refractivity contribution >= 4 is 29.6 Å². The second kappa shape index (κ2) is 7.97. The third-order valence-corrected chi connectivity index (χ3v) is 6.02. The number of nitrogens with zero attached hydrogens (tertiary/aromatic N) is 2. The molecule has 1 heterocycles. The summed E-state index contributed by atoms with van der Waals surface area (Å²) in [6.45, 7) is 9.62. The van der Waals surface area contributed by atoms with Crippen molar-refractivity contribution in [3.8, 4) is 0 Å². The number of hydrogen-bond acceptors (Lipinski definition) is 3. The number of piperazine rings is 1. The number of hydrogen-bond donors (Lipinski definition) is 1. The molecule has 1 atom stereocenters. The molecule has 1 aromatic rings. The normalized spacial score (nSPS) is 26.3. The summed E-state index contributed by atoms with van der Waals surface area (Å²) in [5.41, 5.74) is 2.90. The zero-order chi connectivity index (χ0) is 18.8. The maximum Gasteiger partial charge on any atom is 0.226 e. The molecule has 26 heavy (non-hydrogen) atoms. The summed E-state index contributed by atoms with van der Waals surface area (Å²) in [7, 11) is 0. The van der Waals surface area contributed by atoms with E-state index in [1.165, 1.54) is 0 Å². The second-order valence-corrected chi connectivity index (χ2v) is 8.33. The molecule has 1 aliphatic heterocycles. The van der Waals surface area contributed by atoms with Gasteiger partial charge in [-0.05, 0) is 55.9 Å². The molecule has 2 fully saturated rings. The predicted octanol–water partition coefficient (Wildman–Crippen LogP) is 3.30. The van der Waals surface area contributed by atoms with Crippen LogP contribution in [0.2, 0.25) is 5.02 Å². The molecule has 6 heteroatoms. The van der Waals surface area contributed by atoms with Gasteiger partial charge in [-0.3, -0.25) is 14.5 Å². The SMILES string of the molecule is Cc1c(CN2CCN(C(=O)C3CC(C)C3)[C@@H](C)C2)cc(Cl)cc1NC=O. The zero-order valence-electron chi connectivity index (χ0n) is 15.8. The lowest BCUT2D eigenvalue weighted by Gasteiger charge is -2.44. The predicted molar refractivity (Wildman–Crippen MR) is 104 cm³/mol. The van der Waals surface area contributed by atoms with Crippen LogP contribution in [-0.4, -0.2) is 47.8 Å². The van der Waals surface area contributed by atoms with Gasteiger partial charge in [0.15, 0.2) is 0 Å². The Kier molecular flexibility index (Phi) is 5.88. The molecule has 142 valence electrons. The van der Waals surface area contributed by atoms with Gasteiger partial charge in [-0.25, -0.2) is 0 Å². The van der Waals surface area contributed by atoms with Crippen molar-refractivity contribution in [2.24, 2.45) is 11.8 Å². The second-order valence-electron chi connectivity index (χ2n) is 7.89. The van der Waals surface area contributed by atoms with Crippen LogP contribution < -0.4 is 5.32 Å². The molecule has 0 unspecified atom stereocenters. The molecule has 0 aromatic heterocycles. The summed E-state index contributed by atoms with van der Waals surface area (Å²) in [5, 5.41) is 3.34. The van der Waals surface area contributed by atoms with E-state index in [2.05, 4.69) is 29.0 Å². The third kappa shape index (κ3) is 4.04. The van der Waals surface area contributed by atoms with Crippen LogP contribution in [0.5, 0.6) is 0 Å². The standard InChI is InChI=1S/C20H28ClN3O2/c1-13-6-16(7-13)20(26)24-5-4-23(10-14(24)2)11-17-8-18(21)9-19(15(17)3)22-12-25/h8-9,12-14,16H,4-7,10-11H2,1-3H3,(H,22,25)/t13?,14-,16?/m0/s1. The van der Waals surface area contributed by atoms with Crippen LogP contribution in [-0.2, 0) is 16.1 Å². The van der Waals surface area contributed by atoms with Crippen LogP contribution in [0, 0.1) is 18.8 Å². The smallest absolute Gasteiger partial charge is 0.226 e. The van der Waals surface area contributed by atoms with Gasteiger partial charge in [-0.2, -0.15) is 0 Å². The first kappa shape index (κ1) is 19.2. The van der Waals surface area contributed by atoms with Crippen LogP contribution in [0.25, 0.3) is 0 Å². The van der Waals surface area contributed by atoms with Crippen molar-refractivity contribution in [2.45, 2.75) is 46.2 Å². The maximum atomic E-state index is 12.7. The molecule has 0 bridgehead atoms. The molecule has 5 nitrogen and oxygen atoms in total. The van der Waals surface area contributed by atoms with Gasteiger partial charge in [0, 0.05) is 48.8 Å². The highest BCUT2D eigenvalue weighted by Gasteiger charge is 2.37. The number of carbonyl (C=O) groups is 2. The number of halogens is 1. The van der Waals surface area contributed by atoms with E-state index in [1.54, 1.807) is 6.07 Å². The Morgan fingerprint density at radius 2 is 2.04 bits per heavy atom. The Labute approximate surface area is 160 Å². The molecule has 1 aromatic carbocycles. The van der Waals surface area contributed by atoms with Gasteiger partial charge in [0.05, 0.1) is 0 Å². The molecule has 1 saturated heterocycles. The first-order valence-electron chi connectivity index (χ1n) is 9.41. The average molecular weight is 378 g/mol. The van der Waals surface area contributed by atoms with Crippen LogP contribution in [0.1, 0.15) is 37.8 Å². The largest absolute Gasteiger partial charge is 0.337 e. The van der Waals surface area contributed by atoms with Gasteiger partial charge < -0.3 is 10.2 Å². The fourth-order valence-corrected chi connectivity index (χ4v) is 4.44. The number of rotatable bonds is 5. The summed E-state index contributed by atoms with van der Waals surface area (Å²) < 4.78 is 0. The van der Waals surface area contributed by atoms with Crippen LogP contribution >= 0.6 is 11.6 Å². The van der Waals surface area contributed by atoms with Gasteiger partial charge in [0.25, 0.3) is 0 Å².